The van der Waals surface area contributed by atoms with Crippen LogP contribution in [0.15, 0.2) is 56.5 Å². The summed E-state index contributed by atoms with van der Waals surface area (Å²) in [5.74, 6) is 0.810. The van der Waals surface area contributed by atoms with Crippen LogP contribution in [-0.2, 0) is 10.0 Å². The van der Waals surface area contributed by atoms with Gasteiger partial charge in [-0.3, -0.25) is 0 Å². The average molecular weight is 345 g/mol. The third kappa shape index (κ3) is 2.63. The molecule has 8 heteroatoms. The molecule has 1 saturated heterocycles. The first-order valence-corrected chi connectivity index (χ1v) is 9.08. The van der Waals surface area contributed by atoms with E-state index in [2.05, 4.69) is 10.1 Å². The summed E-state index contributed by atoms with van der Waals surface area (Å²) in [5, 5.41) is 3.81. The Bertz CT molecular complexity index is 941. The maximum atomic E-state index is 12.5. The minimum absolute atomic E-state index is 0.0983. The quantitative estimate of drug-likeness (QED) is 0.722. The van der Waals surface area contributed by atoms with Gasteiger partial charge in [0.1, 0.15) is 0 Å². The van der Waals surface area contributed by atoms with Gasteiger partial charge in [0, 0.05) is 18.7 Å². The Morgan fingerprint density at radius 3 is 2.50 bits per heavy atom. The van der Waals surface area contributed by atoms with Gasteiger partial charge in [-0.25, -0.2) is 8.42 Å². The second kappa shape index (κ2) is 5.88. The number of furan rings is 1. The van der Waals surface area contributed by atoms with E-state index in [0.717, 1.165) is 18.4 Å². The molecule has 0 saturated carbocycles. The van der Waals surface area contributed by atoms with E-state index >= 15 is 0 Å². The van der Waals surface area contributed by atoms with Gasteiger partial charge in [-0.2, -0.15) is 9.29 Å². The lowest BCUT2D eigenvalue weighted by molar-refractivity contribution is 0.388. The van der Waals surface area contributed by atoms with Crippen LogP contribution in [0.1, 0.15) is 12.8 Å². The summed E-state index contributed by atoms with van der Waals surface area (Å²) in [6, 6.07) is 12.3. The third-order valence-electron chi connectivity index (χ3n) is 3.91. The van der Waals surface area contributed by atoms with Crippen molar-refractivity contribution in [3.05, 3.63) is 42.5 Å². The fraction of sp³-hybridized carbons (Fsp3) is 0.250. The molecule has 1 aliphatic rings. The van der Waals surface area contributed by atoms with Crippen molar-refractivity contribution in [1.29, 1.82) is 0 Å². The topological polar surface area (TPSA) is 89.4 Å². The molecule has 0 bridgehead atoms. The van der Waals surface area contributed by atoms with Gasteiger partial charge in [0.05, 0.1) is 0 Å². The summed E-state index contributed by atoms with van der Waals surface area (Å²) in [5.41, 5.74) is 0.809. The smallest absolute Gasteiger partial charge is 0.293 e. The predicted octanol–water partition coefficient (Wildman–Crippen LogP) is 2.78. The molecule has 0 spiro atoms. The lowest BCUT2D eigenvalue weighted by Crippen LogP contribution is -2.27. The van der Waals surface area contributed by atoms with E-state index in [-0.39, 0.29) is 16.7 Å². The van der Waals surface area contributed by atoms with Crippen LogP contribution in [0.3, 0.4) is 0 Å². The van der Waals surface area contributed by atoms with E-state index in [1.165, 1.54) is 16.4 Å². The number of hydrogen-bond donors (Lipinski definition) is 0. The average Bonchev–Trinajstić information content (AvgIpc) is 3.35. The second-order valence-electron chi connectivity index (χ2n) is 5.52. The number of rotatable bonds is 4. The van der Waals surface area contributed by atoms with Gasteiger partial charge < -0.3 is 8.94 Å². The molecule has 24 heavy (non-hydrogen) atoms. The Hall–Kier alpha value is -2.45. The summed E-state index contributed by atoms with van der Waals surface area (Å²) in [4.78, 5) is 4.26. The molecule has 0 atom stereocenters. The Morgan fingerprint density at radius 1 is 1.00 bits per heavy atom. The number of sulfonamides is 1. The molecule has 0 N–H and O–H groups in total. The monoisotopic (exact) mass is 345 g/mol. The first-order valence-electron chi connectivity index (χ1n) is 7.64. The molecule has 4 rings (SSSR count). The molecule has 0 amide bonds. The molecule has 1 aromatic carbocycles. The number of aromatic nitrogens is 2. The fourth-order valence-corrected chi connectivity index (χ4v) is 4.09. The van der Waals surface area contributed by atoms with Gasteiger partial charge >= 0.3 is 0 Å². The van der Waals surface area contributed by atoms with Crippen LogP contribution >= 0.6 is 0 Å². The van der Waals surface area contributed by atoms with E-state index in [1.54, 1.807) is 0 Å². The summed E-state index contributed by atoms with van der Waals surface area (Å²) >= 11 is 0. The molecule has 3 aromatic rings. The van der Waals surface area contributed by atoms with Gasteiger partial charge in [0.2, 0.25) is 10.9 Å². The van der Waals surface area contributed by atoms with Gasteiger partial charge in [0.15, 0.2) is 5.76 Å². The molecule has 3 heterocycles. The van der Waals surface area contributed by atoms with Crippen molar-refractivity contribution < 1.29 is 17.4 Å². The van der Waals surface area contributed by atoms with Crippen LogP contribution < -0.4 is 0 Å². The summed E-state index contributed by atoms with van der Waals surface area (Å²) in [6.07, 6.45) is 1.74. The first-order chi connectivity index (χ1) is 11.6. The molecular weight excluding hydrogens is 330 g/mol. The highest BCUT2D eigenvalue weighted by Gasteiger charge is 2.30. The fourth-order valence-electron chi connectivity index (χ4n) is 2.66. The Kier molecular flexibility index (Phi) is 3.70. The van der Waals surface area contributed by atoms with E-state index in [0.29, 0.717) is 18.9 Å². The minimum Gasteiger partial charge on any atom is -0.438 e. The standard InChI is InChI=1S/C16H15N3O4S/c20-24(21,19-10-4-5-11-19)14-9-8-13(22-14)16-17-15(18-23-16)12-6-2-1-3-7-12/h1-3,6-9H,4-5,10-11H2. The summed E-state index contributed by atoms with van der Waals surface area (Å²) < 4.78 is 37.0. The highest BCUT2D eigenvalue weighted by molar-refractivity contribution is 7.89. The van der Waals surface area contributed by atoms with Crippen molar-refractivity contribution in [3.63, 3.8) is 0 Å². The lowest BCUT2D eigenvalue weighted by Gasteiger charge is -2.12. The predicted molar refractivity (Wildman–Crippen MR) is 85.4 cm³/mol. The van der Waals surface area contributed by atoms with Crippen molar-refractivity contribution in [3.8, 4) is 23.0 Å². The lowest BCUT2D eigenvalue weighted by atomic mass is 10.2. The second-order valence-corrected chi connectivity index (χ2v) is 7.39. The normalized spacial score (nSPS) is 15.8. The maximum absolute atomic E-state index is 12.5. The van der Waals surface area contributed by atoms with Gasteiger partial charge in [0.25, 0.3) is 15.9 Å². The Balaban J connectivity index is 1.63. The van der Waals surface area contributed by atoms with Crippen molar-refractivity contribution >= 4 is 10.0 Å². The molecule has 1 fully saturated rings. The number of nitrogens with zero attached hydrogens (tertiary/aromatic N) is 3. The largest absolute Gasteiger partial charge is 0.438 e. The highest BCUT2D eigenvalue weighted by Crippen LogP contribution is 2.28. The first kappa shape index (κ1) is 15.1. The molecule has 0 unspecified atom stereocenters. The highest BCUT2D eigenvalue weighted by atomic mass is 32.2. The Morgan fingerprint density at radius 2 is 1.75 bits per heavy atom. The van der Waals surface area contributed by atoms with Gasteiger partial charge in [-0.05, 0) is 25.0 Å². The van der Waals surface area contributed by atoms with Crippen LogP contribution in [0.5, 0.6) is 0 Å². The molecule has 7 nitrogen and oxygen atoms in total. The minimum atomic E-state index is -3.59. The zero-order valence-electron chi connectivity index (χ0n) is 12.8. The molecule has 0 aliphatic carbocycles. The van der Waals surface area contributed by atoms with E-state index in [9.17, 15) is 8.42 Å². The molecule has 124 valence electrons. The van der Waals surface area contributed by atoms with Gasteiger partial charge in [-0.15, -0.1) is 0 Å². The SMILES string of the molecule is O=S(=O)(c1ccc(-c2nc(-c3ccccc3)no2)o1)N1CCCC1. The van der Waals surface area contributed by atoms with Crippen LogP contribution in [-0.4, -0.2) is 36.0 Å². The summed E-state index contributed by atoms with van der Waals surface area (Å²) in [7, 11) is -3.59. The van der Waals surface area contributed by atoms with Crippen LogP contribution in [0.4, 0.5) is 0 Å². The molecule has 0 radical (unpaired) electrons. The van der Waals surface area contributed by atoms with E-state index < -0.39 is 10.0 Å². The molecular formula is C16H15N3O4S. The summed E-state index contributed by atoms with van der Waals surface area (Å²) in [6.45, 7) is 1.05. The maximum Gasteiger partial charge on any atom is 0.293 e. The zero-order chi connectivity index (χ0) is 16.6. The van der Waals surface area contributed by atoms with E-state index in [4.69, 9.17) is 8.94 Å². The van der Waals surface area contributed by atoms with Crippen molar-refractivity contribution in [2.24, 2.45) is 0 Å². The van der Waals surface area contributed by atoms with Crippen molar-refractivity contribution in [2.45, 2.75) is 17.9 Å². The van der Waals surface area contributed by atoms with Gasteiger partial charge in [-0.1, -0.05) is 35.5 Å². The van der Waals surface area contributed by atoms with Crippen LogP contribution in [0.25, 0.3) is 23.0 Å². The molecule has 1 aliphatic heterocycles. The number of hydrogen-bond acceptors (Lipinski definition) is 6. The number of benzene rings is 1. The Labute approximate surface area is 138 Å². The van der Waals surface area contributed by atoms with Crippen molar-refractivity contribution in [1.82, 2.24) is 14.4 Å². The molecule has 2 aromatic heterocycles. The van der Waals surface area contributed by atoms with Crippen LogP contribution in [0, 0.1) is 0 Å². The zero-order valence-corrected chi connectivity index (χ0v) is 13.6. The third-order valence-corrected chi connectivity index (χ3v) is 5.68. The van der Waals surface area contributed by atoms with E-state index in [1.807, 2.05) is 30.3 Å². The van der Waals surface area contributed by atoms with Crippen molar-refractivity contribution in [2.75, 3.05) is 13.1 Å². The van der Waals surface area contributed by atoms with Crippen LogP contribution in [0.2, 0.25) is 0 Å².